The van der Waals surface area contributed by atoms with Gasteiger partial charge >= 0.3 is 6.09 Å². The van der Waals surface area contributed by atoms with Crippen molar-refractivity contribution in [3.63, 3.8) is 0 Å². The molecule has 0 spiro atoms. The molecule has 4 heterocycles. The minimum atomic E-state index is -0.629. The van der Waals surface area contributed by atoms with E-state index in [1.807, 2.05) is 10.7 Å². The molecule has 0 atom stereocenters. The lowest BCUT2D eigenvalue weighted by atomic mass is 10.0. The van der Waals surface area contributed by atoms with Gasteiger partial charge in [0.2, 0.25) is 6.79 Å². The van der Waals surface area contributed by atoms with Crippen molar-refractivity contribution in [2.24, 2.45) is 0 Å². The summed E-state index contributed by atoms with van der Waals surface area (Å²) >= 11 is 0. The molecule has 0 unspecified atom stereocenters. The normalized spacial score (nSPS) is 16.4. The average Bonchev–Trinajstić information content (AvgIpc) is 3.49. The van der Waals surface area contributed by atoms with Gasteiger partial charge in [-0.1, -0.05) is 0 Å². The molecule has 2 aliphatic rings. The molecule has 1 amide bonds. The Morgan fingerprint density at radius 3 is 2.61 bits per heavy atom. The van der Waals surface area contributed by atoms with Gasteiger partial charge in [0.1, 0.15) is 23.4 Å². The van der Waals surface area contributed by atoms with E-state index in [-0.39, 0.29) is 6.79 Å². The van der Waals surface area contributed by atoms with Crippen LogP contribution in [0.1, 0.15) is 33.6 Å². The fourth-order valence-electron chi connectivity index (χ4n) is 4.97. The Bertz CT molecular complexity index is 1330. The maximum Gasteiger partial charge on any atom is 0.412 e. The number of benzene rings is 1. The lowest BCUT2D eigenvalue weighted by Gasteiger charge is -2.35. The Morgan fingerprint density at radius 2 is 1.89 bits per heavy atom. The zero-order chi connectivity index (χ0) is 27.0. The highest BCUT2D eigenvalue weighted by atomic mass is 16.7. The summed E-state index contributed by atoms with van der Waals surface area (Å²) in [6.07, 6.45) is 3.19. The standard InChI is InChI=1S/C26H36N8O4/c1-26(2,3)38-25(35)30-18-7-6-17(21-22(18)37-15-36-21)20-19-23(27)28-14-29-24(19)34(31-20)13-12-33-10-8-16(9-11-33)32(4)5/h6-7,14,16H,8-13,15H2,1-5H3,(H,30,35)(H2,27,28,29). The highest BCUT2D eigenvalue weighted by molar-refractivity contribution is 6.01. The van der Waals surface area contributed by atoms with Crippen LogP contribution in [0.2, 0.25) is 0 Å². The molecule has 3 aromatic rings. The molecule has 1 fully saturated rings. The van der Waals surface area contributed by atoms with Crippen molar-refractivity contribution in [1.82, 2.24) is 29.5 Å². The number of anilines is 2. The van der Waals surface area contributed by atoms with Gasteiger partial charge in [0, 0.05) is 18.2 Å². The number of rotatable bonds is 6. The molecule has 204 valence electrons. The molecule has 0 bridgehead atoms. The van der Waals surface area contributed by atoms with E-state index < -0.39 is 11.7 Å². The van der Waals surface area contributed by atoms with Crippen molar-refractivity contribution in [3.05, 3.63) is 18.5 Å². The number of piperidine rings is 1. The molecule has 0 aliphatic carbocycles. The van der Waals surface area contributed by atoms with Gasteiger partial charge in [-0.25, -0.2) is 19.4 Å². The number of hydrogen-bond acceptors (Lipinski definition) is 10. The fourth-order valence-corrected chi connectivity index (χ4v) is 4.97. The van der Waals surface area contributed by atoms with Gasteiger partial charge in [0.25, 0.3) is 0 Å². The highest BCUT2D eigenvalue weighted by Gasteiger charge is 2.29. The third-order valence-corrected chi connectivity index (χ3v) is 6.88. The zero-order valence-corrected chi connectivity index (χ0v) is 22.7. The number of likely N-dealkylation sites (tertiary alicyclic amines) is 1. The van der Waals surface area contributed by atoms with Crippen LogP contribution in [0.25, 0.3) is 22.3 Å². The van der Waals surface area contributed by atoms with Crippen LogP contribution < -0.4 is 20.5 Å². The van der Waals surface area contributed by atoms with E-state index >= 15 is 0 Å². The van der Waals surface area contributed by atoms with Gasteiger partial charge in [0.05, 0.1) is 17.6 Å². The maximum atomic E-state index is 12.4. The topological polar surface area (TPSA) is 133 Å². The van der Waals surface area contributed by atoms with Gasteiger partial charge in [-0.15, -0.1) is 0 Å². The van der Waals surface area contributed by atoms with Crippen molar-refractivity contribution in [3.8, 4) is 22.8 Å². The SMILES string of the molecule is CN(C)C1CCN(CCn2nc(-c3ccc(NC(=O)OC(C)(C)C)c4c3OCO4)c3c(N)ncnc32)CC1. The number of nitrogen functional groups attached to an aromatic ring is 1. The third kappa shape index (κ3) is 5.32. The first kappa shape index (κ1) is 26.0. The minimum absolute atomic E-state index is 0.0167. The number of carbonyl (C=O) groups excluding carboxylic acids is 1. The number of hydrogen-bond donors (Lipinski definition) is 2. The van der Waals surface area contributed by atoms with Crippen LogP contribution in [0.3, 0.4) is 0 Å². The molecule has 12 nitrogen and oxygen atoms in total. The van der Waals surface area contributed by atoms with E-state index in [2.05, 4.69) is 39.2 Å². The van der Waals surface area contributed by atoms with Crippen LogP contribution in [0.5, 0.6) is 11.5 Å². The van der Waals surface area contributed by atoms with Crippen molar-refractivity contribution < 1.29 is 19.0 Å². The van der Waals surface area contributed by atoms with Crippen molar-refractivity contribution in [2.75, 3.05) is 51.6 Å². The van der Waals surface area contributed by atoms with Gasteiger partial charge < -0.3 is 29.7 Å². The van der Waals surface area contributed by atoms with E-state index in [9.17, 15) is 4.79 Å². The number of fused-ring (bicyclic) bond motifs is 2. The highest BCUT2D eigenvalue weighted by Crippen LogP contribution is 2.47. The summed E-state index contributed by atoms with van der Waals surface area (Å²) < 4.78 is 18.8. The molecule has 12 heteroatoms. The van der Waals surface area contributed by atoms with Crippen LogP contribution in [0.4, 0.5) is 16.3 Å². The van der Waals surface area contributed by atoms with E-state index in [1.165, 1.54) is 6.33 Å². The third-order valence-electron chi connectivity index (χ3n) is 6.88. The van der Waals surface area contributed by atoms with Gasteiger partial charge in [-0.3, -0.25) is 5.32 Å². The summed E-state index contributed by atoms with van der Waals surface area (Å²) in [5.41, 5.74) is 8.10. The fraction of sp³-hybridized carbons (Fsp3) is 0.538. The molecular formula is C26H36N8O4. The number of nitrogens with one attached hydrogen (secondary N) is 1. The molecule has 0 saturated carbocycles. The summed E-state index contributed by atoms with van der Waals surface area (Å²) in [6.45, 7) is 9.06. The summed E-state index contributed by atoms with van der Waals surface area (Å²) in [5, 5.41) is 8.32. The minimum Gasteiger partial charge on any atom is -0.453 e. The van der Waals surface area contributed by atoms with Crippen molar-refractivity contribution >= 4 is 28.6 Å². The van der Waals surface area contributed by atoms with Crippen LogP contribution in [0, 0.1) is 0 Å². The Morgan fingerprint density at radius 1 is 1.16 bits per heavy atom. The Hall–Kier alpha value is -3.64. The number of amides is 1. The quantitative estimate of drug-likeness (QED) is 0.495. The summed E-state index contributed by atoms with van der Waals surface area (Å²) in [7, 11) is 4.29. The first-order chi connectivity index (χ1) is 18.1. The van der Waals surface area contributed by atoms with E-state index in [1.54, 1.807) is 26.8 Å². The van der Waals surface area contributed by atoms with Gasteiger partial charge in [0.15, 0.2) is 17.1 Å². The lowest BCUT2D eigenvalue weighted by molar-refractivity contribution is 0.0635. The maximum absolute atomic E-state index is 12.4. The number of ether oxygens (including phenoxy) is 3. The number of aromatic nitrogens is 4. The lowest BCUT2D eigenvalue weighted by Crippen LogP contribution is -2.42. The van der Waals surface area contributed by atoms with Crippen LogP contribution in [-0.2, 0) is 11.3 Å². The van der Waals surface area contributed by atoms with Crippen LogP contribution in [-0.4, -0.2) is 87.8 Å². The molecule has 38 heavy (non-hydrogen) atoms. The number of nitrogens with zero attached hydrogens (tertiary/aromatic N) is 6. The predicted molar refractivity (Wildman–Crippen MR) is 144 cm³/mol. The van der Waals surface area contributed by atoms with Crippen LogP contribution >= 0.6 is 0 Å². The Kier molecular flexibility index (Phi) is 7.01. The molecule has 3 N–H and O–H groups in total. The molecule has 0 radical (unpaired) electrons. The smallest absolute Gasteiger partial charge is 0.412 e. The zero-order valence-electron chi connectivity index (χ0n) is 22.7. The molecule has 5 rings (SSSR count). The van der Waals surface area contributed by atoms with E-state index in [4.69, 9.17) is 25.0 Å². The Labute approximate surface area is 222 Å². The van der Waals surface area contributed by atoms with Crippen molar-refractivity contribution in [1.29, 1.82) is 0 Å². The van der Waals surface area contributed by atoms with E-state index in [0.29, 0.717) is 57.9 Å². The summed E-state index contributed by atoms with van der Waals surface area (Å²) in [6, 6.07) is 4.20. The number of carbonyl (C=O) groups is 1. The van der Waals surface area contributed by atoms with E-state index in [0.717, 1.165) is 32.5 Å². The second-order valence-electron chi connectivity index (χ2n) is 10.9. The first-order valence-corrected chi connectivity index (χ1v) is 12.9. The second-order valence-corrected chi connectivity index (χ2v) is 10.9. The summed E-state index contributed by atoms with van der Waals surface area (Å²) in [4.78, 5) is 25.9. The Balaban J connectivity index is 1.42. The number of nitrogens with two attached hydrogens (primary N) is 1. The molecule has 2 aliphatic heterocycles. The van der Waals surface area contributed by atoms with Gasteiger partial charge in [-0.2, -0.15) is 5.10 Å². The molecular weight excluding hydrogens is 488 g/mol. The second kappa shape index (κ2) is 10.3. The van der Waals surface area contributed by atoms with Gasteiger partial charge in [-0.05, 0) is 72.9 Å². The van der Waals surface area contributed by atoms with Crippen molar-refractivity contribution in [2.45, 2.75) is 51.8 Å². The molecule has 2 aromatic heterocycles. The predicted octanol–water partition coefficient (Wildman–Crippen LogP) is 3.18. The van der Waals surface area contributed by atoms with Crippen LogP contribution in [0.15, 0.2) is 18.5 Å². The molecule has 1 saturated heterocycles. The average molecular weight is 525 g/mol. The first-order valence-electron chi connectivity index (χ1n) is 12.9. The molecule has 1 aromatic carbocycles. The summed E-state index contributed by atoms with van der Waals surface area (Å²) in [5.74, 6) is 1.22. The largest absolute Gasteiger partial charge is 0.453 e. The monoisotopic (exact) mass is 524 g/mol.